The summed E-state index contributed by atoms with van der Waals surface area (Å²) in [7, 11) is 0. The van der Waals surface area contributed by atoms with Gasteiger partial charge in [-0.15, -0.1) is 0 Å². The number of fused-ring (bicyclic) bond motifs is 13. The summed E-state index contributed by atoms with van der Waals surface area (Å²) in [5, 5.41) is 15.6. The smallest absolute Gasteiger partial charge is 0.0324 e. The molecule has 1 aliphatic rings. The first kappa shape index (κ1) is 37.7. The summed E-state index contributed by atoms with van der Waals surface area (Å²) >= 11 is 0. The number of hydrogen-bond donors (Lipinski definition) is 0. The molecule has 0 spiro atoms. The predicted molar refractivity (Wildman–Crippen MR) is 273 cm³/mol. The van der Waals surface area contributed by atoms with Crippen LogP contribution in [0.2, 0.25) is 0 Å². The van der Waals surface area contributed by atoms with Crippen LogP contribution in [0.15, 0.2) is 194 Å². The first-order chi connectivity index (χ1) is 30.6. The van der Waals surface area contributed by atoms with Gasteiger partial charge in [0.05, 0.1) is 0 Å². The number of benzene rings is 11. The second kappa shape index (κ2) is 13.5. The van der Waals surface area contributed by atoms with Crippen molar-refractivity contribution in [2.24, 2.45) is 10.8 Å². The van der Waals surface area contributed by atoms with Crippen LogP contribution in [0.5, 0.6) is 0 Å². The van der Waals surface area contributed by atoms with Gasteiger partial charge in [-0.1, -0.05) is 217 Å². The lowest BCUT2D eigenvalue weighted by Gasteiger charge is -2.54. The summed E-state index contributed by atoms with van der Waals surface area (Å²) in [5.41, 5.74) is 12.7. The Morgan fingerprint density at radius 2 is 0.683 bits per heavy atom. The summed E-state index contributed by atoms with van der Waals surface area (Å²) < 4.78 is 0. The Labute approximate surface area is 370 Å². The average Bonchev–Trinajstić information content (AvgIpc) is 3.64. The maximum absolute atomic E-state index is 2.58. The fourth-order valence-electron chi connectivity index (χ4n) is 12.7. The van der Waals surface area contributed by atoms with Crippen molar-refractivity contribution in [1.29, 1.82) is 0 Å². The van der Waals surface area contributed by atoms with Gasteiger partial charge >= 0.3 is 0 Å². The summed E-state index contributed by atoms with van der Waals surface area (Å²) in [6.07, 6.45) is 0. The molecule has 11 aromatic carbocycles. The van der Waals surface area contributed by atoms with Crippen LogP contribution in [0.1, 0.15) is 52.7 Å². The molecule has 0 fully saturated rings. The lowest BCUT2D eigenvalue weighted by Crippen LogP contribution is -2.50. The van der Waals surface area contributed by atoms with Crippen LogP contribution >= 0.6 is 0 Å². The molecule has 0 saturated heterocycles. The topological polar surface area (TPSA) is 0 Å². The van der Waals surface area contributed by atoms with Crippen LogP contribution in [0.25, 0.3) is 109 Å². The van der Waals surface area contributed by atoms with E-state index in [1.54, 1.807) is 0 Å². The lowest BCUT2D eigenvalue weighted by atomic mass is 9.49. The van der Waals surface area contributed by atoms with Crippen LogP contribution in [0, 0.1) is 10.8 Å². The minimum Gasteiger partial charge on any atom is -0.0616 e. The molecule has 0 saturated carbocycles. The van der Waals surface area contributed by atoms with Gasteiger partial charge in [-0.25, -0.2) is 0 Å². The van der Waals surface area contributed by atoms with Crippen molar-refractivity contribution in [3.63, 3.8) is 0 Å². The molecule has 1 aliphatic carbocycles. The van der Waals surface area contributed by atoms with Gasteiger partial charge in [-0.3, -0.25) is 0 Å². The molecule has 0 unspecified atom stereocenters. The Bertz CT molecular complexity index is 3620. The lowest BCUT2D eigenvalue weighted by molar-refractivity contribution is 0.0977. The summed E-state index contributed by atoms with van der Waals surface area (Å²) in [4.78, 5) is 0. The van der Waals surface area contributed by atoms with Crippen molar-refractivity contribution < 1.29 is 0 Å². The Kier molecular flexibility index (Phi) is 8.08. The number of rotatable bonds is 3. The van der Waals surface area contributed by atoms with Crippen molar-refractivity contribution in [2.75, 3.05) is 0 Å². The van der Waals surface area contributed by atoms with E-state index in [-0.39, 0.29) is 16.2 Å². The Morgan fingerprint density at radius 1 is 0.270 bits per heavy atom. The highest BCUT2D eigenvalue weighted by molar-refractivity contribution is 6.23. The second-order valence-electron chi connectivity index (χ2n) is 20.0. The molecule has 0 heterocycles. The van der Waals surface area contributed by atoms with E-state index in [4.69, 9.17) is 0 Å². The standard InChI is InChI=1S/C63H50/c1-61(2,3)63(62(4,5)6)59-52-32-17-11-26-46(52)54(38-55(59)58-47-27-12-9-24-44(47)45-25-10-18-33-53(45)60(58)63)41-22-19-23-42(37-41)56-48-28-13-15-30-50(48)57(51-31-16-14-29-49(51)56)43-35-34-39-20-7-8-21-40(39)36-43/h7-38H,1-6H3. The molecule has 0 bridgehead atoms. The fourth-order valence-corrected chi connectivity index (χ4v) is 12.7. The molecule has 0 nitrogen and oxygen atoms in total. The highest BCUT2D eigenvalue weighted by Crippen LogP contribution is 2.69. The van der Waals surface area contributed by atoms with E-state index < -0.39 is 0 Å². The van der Waals surface area contributed by atoms with Crippen LogP contribution in [0.3, 0.4) is 0 Å². The molecule has 63 heavy (non-hydrogen) atoms. The van der Waals surface area contributed by atoms with Crippen molar-refractivity contribution in [2.45, 2.75) is 47.0 Å². The highest BCUT2D eigenvalue weighted by atomic mass is 14.6. The fraction of sp³-hybridized carbons (Fsp3) is 0.143. The zero-order valence-corrected chi connectivity index (χ0v) is 37.0. The van der Waals surface area contributed by atoms with Crippen molar-refractivity contribution >= 4 is 64.6 Å². The zero-order chi connectivity index (χ0) is 42.8. The molecule has 0 radical (unpaired) electrons. The SMILES string of the molecule is CC(C)(C)C1(C(C)(C)C)c2c(cc(-c3cccc(-c4c5ccccc5c(-c5ccc6ccccc6c5)c5ccccc45)c3)c3ccccc23)-c2c1c1ccccc1c1ccccc21. The van der Waals surface area contributed by atoms with Gasteiger partial charge in [0.25, 0.3) is 0 Å². The quantitative estimate of drug-likeness (QED) is 0.123. The van der Waals surface area contributed by atoms with Crippen LogP contribution in [-0.2, 0) is 5.41 Å². The van der Waals surface area contributed by atoms with Crippen molar-refractivity contribution in [1.82, 2.24) is 0 Å². The Hall–Kier alpha value is -7.02. The van der Waals surface area contributed by atoms with E-state index in [2.05, 4.69) is 236 Å². The van der Waals surface area contributed by atoms with Gasteiger partial charge in [-0.05, 0) is 149 Å². The molecule has 0 aromatic heterocycles. The van der Waals surface area contributed by atoms with E-state index >= 15 is 0 Å². The maximum atomic E-state index is 2.58. The zero-order valence-electron chi connectivity index (χ0n) is 37.0. The largest absolute Gasteiger partial charge is 0.0616 e. The summed E-state index contributed by atoms with van der Waals surface area (Å²) in [5.74, 6) is 0. The molecular formula is C63H50. The van der Waals surface area contributed by atoms with Crippen molar-refractivity contribution in [3.8, 4) is 44.5 Å². The monoisotopic (exact) mass is 806 g/mol. The van der Waals surface area contributed by atoms with Crippen LogP contribution in [0.4, 0.5) is 0 Å². The van der Waals surface area contributed by atoms with E-state index in [0.717, 1.165) is 0 Å². The molecule has 0 aliphatic heterocycles. The molecule has 302 valence electrons. The summed E-state index contributed by atoms with van der Waals surface area (Å²) in [6, 6.07) is 73.3. The number of hydrogen-bond acceptors (Lipinski definition) is 0. The molecule has 11 aromatic rings. The van der Waals surface area contributed by atoms with Gasteiger partial charge in [0.1, 0.15) is 0 Å². The minimum absolute atomic E-state index is 0.123. The minimum atomic E-state index is -0.307. The first-order valence-corrected chi connectivity index (χ1v) is 22.6. The summed E-state index contributed by atoms with van der Waals surface area (Å²) in [6.45, 7) is 14.9. The second-order valence-corrected chi connectivity index (χ2v) is 20.0. The molecule has 0 atom stereocenters. The van der Waals surface area contributed by atoms with Crippen LogP contribution < -0.4 is 0 Å². The molecule has 0 heteroatoms. The molecule has 12 rings (SSSR count). The predicted octanol–water partition coefficient (Wildman–Crippen LogP) is 18.0. The third kappa shape index (κ3) is 5.22. The van der Waals surface area contributed by atoms with Gasteiger partial charge in [0.15, 0.2) is 0 Å². The van der Waals surface area contributed by atoms with E-state index in [0.29, 0.717) is 0 Å². The Morgan fingerprint density at radius 3 is 1.24 bits per heavy atom. The normalized spacial score (nSPS) is 13.7. The van der Waals surface area contributed by atoms with Gasteiger partial charge in [-0.2, -0.15) is 0 Å². The van der Waals surface area contributed by atoms with Gasteiger partial charge in [0.2, 0.25) is 0 Å². The van der Waals surface area contributed by atoms with Gasteiger partial charge in [0, 0.05) is 5.41 Å². The van der Waals surface area contributed by atoms with Gasteiger partial charge < -0.3 is 0 Å². The van der Waals surface area contributed by atoms with E-state index in [9.17, 15) is 0 Å². The Balaban J connectivity index is 1.16. The third-order valence-electron chi connectivity index (χ3n) is 14.7. The molecule has 0 N–H and O–H groups in total. The highest BCUT2D eigenvalue weighted by Gasteiger charge is 2.59. The first-order valence-electron chi connectivity index (χ1n) is 22.6. The van der Waals surface area contributed by atoms with Crippen LogP contribution in [-0.4, -0.2) is 0 Å². The third-order valence-corrected chi connectivity index (χ3v) is 14.7. The molecular weight excluding hydrogens is 757 g/mol. The maximum Gasteiger partial charge on any atom is 0.0324 e. The molecule has 0 amide bonds. The van der Waals surface area contributed by atoms with Crippen molar-refractivity contribution in [3.05, 3.63) is 205 Å². The average molecular weight is 807 g/mol. The van der Waals surface area contributed by atoms with E-state index in [1.807, 2.05) is 0 Å². The van der Waals surface area contributed by atoms with E-state index in [1.165, 1.54) is 120 Å².